The lowest BCUT2D eigenvalue weighted by molar-refractivity contribution is -0.384. The molecule has 0 aliphatic carbocycles. The van der Waals surface area contributed by atoms with E-state index in [4.69, 9.17) is 0 Å². The number of imide groups is 1. The number of rotatable bonds is 5. The third kappa shape index (κ3) is 3.54. The zero-order valence-electron chi connectivity index (χ0n) is 14.9. The molecule has 10 heteroatoms. The van der Waals surface area contributed by atoms with Gasteiger partial charge in [-0.1, -0.05) is 6.07 Å². The van der Waals surface area contributed by atoms with Gasteiger partial charge in [0.05, 0.1) is 22.6 Å². The van der Waals surface area contributed by atoms with Crippen LogP contribution >= 0.6 is 11.8 Å². The summed E-state index contributed by atoms with van der Waals surface area (Å²) in [7, 11) is 1.18. The molecular formula is C18H15N3O6S. The molecule has 144 valence electrons. The second-order valence-corrected chi connectivity index (χ2v) is 6.82. The van der Waals surface area contributed by atoms with Crippen LogP contribution in [0, 0.1) is 10.1 Å². The first-order chi connectivity index (χ1) is 13.3. The Balaban J connectivity index is 1.94. The number of amides is 2. The fourth-order valence-electron chi connectivity index (χ4n) is 2.73. The molecule has 1 atom stereocenters. The normalized spacial score (nSPS) is 16.5. The van der Waals surface area contributed by atoms with Crippen molar-refractivity contribution in [2.24, 2.45) is 0 Å². The third-order valence-corrected chi connectivity index (χ3v) is 5.01. The molecule has 0 unspecified atom stereocenters. The molecule has 2 heterocycles. The van der Waals surface area contributed by atoms with Crippen molar-refractivity contribution >= 4 is 40.6 Å². The molecule has 0 saturated carbocycles. The molecule has 2 amide bonds. The van der Waals surface area contributed by atoms with Crippen molar-refractivity contribution in [1.29, 1.82) is 0 Å². The molecule has 9 nitrogen and oxygen atoms in total. The molecule has 0 bridgehead atoms. The van der Waals surface area contributed by atoms with E-state index in [2.05, 4.69) is 4.74 Å². The molecule has 1 saturated heterocycles. The van der Waals surface area contributed by atoms with E-state index >= 15 is 0 Å². The van der Waals surface area contributed by atoms with Crippen LogP contribution in [0.4, 0.5) is 10.5 Å². The molecule has 1 fully saturated rings. The maximum absolute atomic E-state index is 12.6. The van der Waals surface area contributed by atoms with Gasteiger partial charge in [-0.05, 0) is 43.0 Å². The second kappa shape index (κ2) is 7.69. The first-order valence-electron chi connectivity index (χ1n) is 8.10. The number of esters is 1. The largest absolute Gasteiger partial charge is 0.467 e. The number of nitro benzene ring substituents is 1. The molecular weight excluding hydrogens is 386 g/mol. The van der Waals surface area contributed by atoms with Crippen molar-refractivity contribution in [2.45, 2.75) is 13.0 Å². The maximum Gasteiger partial charge on any atom is 0.328 e. The summed E-state index contributed by atoms with van der Waals surface area (Å²) in [5.74, 6) is -1.29. The lowest BCUT2D eigenvalue weighted by Crippen LogP contribution is -2.42. The van der Waals surface area contributed by atoms with Gasteiger partial charge in [0.2, 0.25) is 0 Å². The van der Waals surface area contributed by atoms with Crippen LogP contribution in [0.15, 0.2) is 47.5 Å². The van der Waals surface area contributed by atoms with Crippen LogP contribution in [0.25, 0.3) is 11.8 Å². The number of nitro groups is 1. The number of non-ortho nitro benzene ring substituents is 1. The molecule has 1 aliphatic heterocycles. The topological polar surface area (TPSA) is 112 Å². The van der Waals surface area contributed by atoms with Gasteiger partial charge in [0.25, 0.3) is 16.8 Å². The van der Waals surface area contributed by atoms with Gasteiger partial charge in [-0.15, -0.1) is 0 Å². The summed E-state index contributed by atoms with van der Waals surface area (Å²) < 4.78 is 6.25. The average molecular weight is 401 g/mol. The number of nitrogens with zero attached hydrogens (tertiary/aromatic N) is 3. The highest BCUT2D eigenvalue weighted by atomic mass is 32.2. The number of aromatic nitrogens is 1. The minimum Gasteiger partial charge on any atom is -0.467 e. The predicted molar refractivity (Wildman–Crippen MR) is 102 cm³/mol. The van der Waals surface area contributed by atoms with E-state index in [0.29, 0.717) is 11.4 Å². The first-order valence-corrected chi connectivity index (χ1v) is 8.92. The van der Waals surface area contributed by atoms with E-state index < -0.39 is 28.1 Å². The molecule has 1 aliphatic rings. The van der Waals surface area contributed by atoms with E-state index in [0.717, 1.165) is 16.7 Å². The van der Waals surface area contributed by atoms with Crippen molar-refractivity contribution in [3.8, 4) is 5.69 Å². The number of ether oxygens (including phenoxy) is 1. The highest BCUT2D eigenvalue weighted by molar-refractivity contribution is 8.18. The Labute approximate surface area is 163 Å². The summed E-state index contributed by atoms with van der Waals surface area (Å²) in [5.41, 5.74) is 1.02. The molecule has 3 rings (SSSR count). The van der Waals surface area contributed by atoms with Crippen LogP contribution in [0.1, 0.15) is 12.6 Å². The summed E-state index contributed by atoms with van der Waals surface area (Å²) >= 11 is 0.717. The monoisotopic (exact) mass is 401 g/mol. The Morgan fingerprint density at radius 3 is 2.71 bits per heavy atom. The van der Waals surface area contributed by atoms with Crippen LogP contribution < -0.4 is 0 Å². The van der Waals surface area contributed by atoms with Gasteiger partial charge >= 0.3 is 5.97 Å². The summed E-state index contributed by atoms with van der Waals surface area (Å²) in [5, 5.41) is 10.4. The van der Waals surface area contributed by atoms with Gasteiger partial charge in [0, 0.05) is 24.0 Å². The van der Waals surface area contributed by atoms with Crippen molar-refractivity contribution < 1.29 is 24.0 Å². The third-order valence-electron chi connectivity index (χ3n) is 4.13. The van der Waals surface area contributed by atoms with Gasteiger partial charge in [-0.25, -0.2) is 4.79 Å². The van der Waals surface area contributed by atoms with Crippen LogP contribution in [-0.2, 0) is 14.3 Å². The smallest absolute Gasteiger partial charge is 0.328 e. The highest BCUT2D eigenvalue weighted by Gasteiger charge is 2.41. The Kier molecular flexibility index (Phi) is 5.32. The SMILES string of the molecule is COC(=O)[C@@H](C)N1C(=O)S/C(=C/c2cccn2-c2cccc([N+](=O)[O-])c2)C1=O. The van der Waals surface area contributed by atoms with E-state index in [9.17, 15) is 24.5 Å². The Morgan fingerprint density at radius 2 is 2.04 bits per heavy atom. The number of methoxy groups -OCH3 is 1. The second-order valence-electron chi connectivity index (χ2n) is 5.83. The van der Waals surface area contributed by atoms with Crippen LogP contribution in [0.5, 0.6) is 0 Å². The predicted octanol–water partition coefficient (Wildman–Crippen LogP) is 2.98. The Morgan fingerprint density at radius 1 is 1.29 bits per heavy atom. The fourth-order valence-corrected chi connectivity index (χ4v) is 3.62. The van der Waals surface area contributed by atoms with Crippen molar-refractivity contribution in [3.05, 3.63) is 63.3 Å². The quantitative estimate of drug-likeness (QED) is 0.328. The van der Waals surface area contributed by atoms with Gasteiger partial charge < -0.3 is 9.30 Å². The zero-order valence-corrected chi connectivity index (χ0v) is 15.7. The van der Waals surface area contributed by atoms with Crippen molar-refractivity contribution in [1.82, 2.24) is 9.47 Å². The summed E-state index contributed by atoms with van der Waals surface area (Å²) in [6.07, 6.45) is 3.19. The molecule has 0 radical (unpaired) electrons. The molecule has 1 aromatic carbocycles. The minimum absolute atomic E-state index is 0.0654. The first kappa shape index (κ1) is 19.4. The zero-order chi connectivity index (χ0) is 20.4. The van der Waals surface area contributed by atoms with Crippen LogP contribution in [-0.4, -0.2) is 44.7 Å². The van der Waals surface area contributed by atoms with Gasteiger partial charge in [-0.3, -0.25) is 24.6 Å². The van der Waals surface area contributed by atoms with Crippen LogP contribution in [0.3, 0.4) is 0 Å². The number of hydrogen-bond acceptors (Lipinski definition) is 7. The number of hydrogen-bond donors (Lipinski definition) is 0. The van der Waals surface area contributed by atoms with Gasteiger partial charge in [0.1, 0.15) is 6.04 Å². The average Bonchev–Trinajstić information content (AvgIpc) is 3.25. The van der Waals surface area contributed by atoms with Gasteiger partial charge in [-0.2, -0.15) is 0 Å². The van der Waals surface area contributed by atoms with Crippen molar-refractivity contribution in [3.63, 3.8) is 0 Å². The number of thioether (sulfide) groups is 1. The highest BCUT2D eigenvalue weighted by Crippen LogP contribution is 2.34. The number of benzene rings is 1. The maximum atomic E-state index is 12.6. The van der Waals surface area contributed by atoms with E-state index in [1.165, 1.54) is 32.2 Å². The van der Waals surface area contributed by atoms with E-state index in [1.54, 1.807) is 35.0 Å². The molecule has 0 spiro atoms. The lowest BCUT2D eigenvalue weighted by atomic mass is 10.2. The fraction of sp³-hybridized carbons (Fsp3) is 0.167. The minimum atomic E-state index is -1.04. The molecule has 28 heavy (non-hydrogen) atoms. The lowest BCUT2D eigenvalue weighted by Gasteiger charge is -2.18. The number of carbonyl (C=O) groups excluding carboxylic acids is 3. The summed E-state index contributed by atoms with van der Waals surface area (Å²) in [6, 6.07) is 8.42. The molecule has 1 aromatic heterocycles. The standard InChI is InChI=1S/C18H15N3O6S/c1-11(17(23)27-2)20-16(22)15(28-18(20)24)10-13-7-4-8-19(13)12-5-3-6-14(9-12)21(25)26/h3-11H,1-2H3/b15-10+/t11-/m1/s1. The molecule has 2 aromatic rings. The van der Waals surface area contributed by atoms with Crippen LogP contribution in [0.2, 0.25) is 0 Å². The summed E-state index contributed by atoms with van der Waals surface area (Å²) in [6.45, 7) is 1.41. The van der Waals surface area contributed by atoms with E-state index in [1.807, 2.05) is 0 Å². The molecule has 0 N–H and O–H groups in total. The Hall–Kier alpha value is -3.40. The van der Waals surface area contributed by atoms with E-state index in [-0.39, 0.29) is 10.6 Å². The Bertz CT molecular complexity index is 1010. The van der Waals surface area contributed by atoms with Crippen molar-refractivity contribution in [2.75, 3.05) is 7.11 Å². The summed E-state index contributed by atoms with van der Waals surface area (Å²) in [4.78, 5) is 48.0. The van der Waals surface area contributed by atoms with Gasteiger partial charge in [0.15, 0.2) is 0 Å². The number of carbonyl (C=O) groups is 3.